The summed E-state index contributed by atoms with van der Waals surface area (Å²) in [6.45, 7) is 6.19. The molecule has 6 heteroatoms. The molecule has 6 nitrogen and oxygen atoms in total. The predicted octanol–water partition coefficient (Wildman–Crippen LogP) is 1.27. The van der Waals surface area contributed by atoms with Crippen LogP contribution in [0.3, 0.4) is 0 Å². The molecule has 0 atom stereocenters. The molecular formula is C19H26N4O2. The highest BCUT2D eigenvalue weighted by atomic mass is 16.1. The third-order valence-corrected chi connectivity index (χ3v) is 4.74. The first-order chi connectivity index (χ1) is 11.8. The maximum Gasteiger partial charge on any atom is 0.272 e. The summed E-state index contributed by atoms with van der Waals surface area (Å²) in [5.74, 6) is 0.374. The van der Waals surface area contributed by atoms with Crippen LogP contribution in [0.2, 0.25) is 0 Å². The first-order valence-corrected chi connectivity index (χ1v) is 8.94. The van der Waals surface area contributed by atoms with Crippen molar-refractivity contribution in [3.8, 4) is 0 Å². The second-order valence-electron chi connectivity index (χ2n) is 7.86. The Hall–Kier alpha value is -2.37. The fourth-order valence-corrected chi connectivity index (χ4v) is 3.40. The van der Waals surface area contributed by atoms with Crippen LogP contribution < -0.4 is 21.8 Å². The van der Waals surface area contributed by atoms with Crippen LogP contribution in [-0.4, -0.2) is 19.9 Å². The number of imidazole rings is 1. The van der Waals surface area contributed by atoms with Crippen molar-refractivity contribution in [2.24, 2.45) is 5.92 Å². The number of hydrogen-bond acceptors (Lipinski definition) is 3. The topological polar surface area (TPSA) is 94.4 Å². The van der Waals surface area contributed by atoms with Crippen LogP contribution in [0.25, 0.3) is 12.2 Å². The number of aromatic amines is 3. The molecule has 0 aromatic carbocycles. The Balaban J connectivity index is 2.04. The lowest BCUT2D eigenvalue weighted by Crippen LogP contribution is -2.47. The van der Waals surface area contributed by atoms with E-state index in [9.17, 15) is 9.59 Å². The molecule has 1 aliphatic rings. The normalized spacial score (nSPS) is 18.0. The minimum atomic E-state index is -0.301. The van der Waals surface area contributed by atoms with Crippen LogP contribution in [0.5, 0.6) is 0 Å². The molecule has 3 rings (SSSR count). The highest BCUT2D eigenvalue weighted by Crippen LogP contribution is 2.24. The van der Waals surface area contributed by atoms with Crippen molar-refractivity contribution in [3.63, 3.8) is 0 Å². The van der Waals surface area contributed by atoms with Crippen LogP contribution in [-0.2, 0) is 5.41 Å². The van der Waals surface area contributed by atoms with Gasteiger partial charge in [-0.1, -0.05) is 46.1 Å². The number of hydrogen-bond donors (Lipinski definition) is 3. The van der Waals surface area contributed by atoms with Crippen LogP contribution in [0.4, 0.5) is 0 Å². The molecule has 3 N–H and O–H groups in total. The van der Waals surface area contributed by atoms with Crippen molar-refractivity contribution in [1.29, 1.82) is 0 Å². The van der Waals surface area contributed by atoms with Gasteiger partial charge in [0, 0.05) is 11.1 Å². The van der Waals surface area contributed by atoms with E-state index in [0.717, 1.165) is 18.5 Å². The molecule has 1 aliphatic carbocycles. The SMILES string of the molecule is CC(C)(C)c1[nH]cnc1/C=c1\[nH]c(=O)/c(=C/C2CCCCC2)[nH]c1=O. The summed E-state index contributed by atoms with van der Waals surface area (Å²) in [4.78, 5) is 37.6. The fourth-order valence-electron chi connectivity index (χ4n) is 3.40. The zero-order chi connectivity index (χ0) is 18.0. The second kappa shape index (κ2) is 6.86. The Bertz CT molecular complexity index is 966. The van der Waals surface area contributed by atoms with Crippen molar-refractivity contribution in [3.05, 3.63) is 49.1 Å². The lowest BCUT2D eigenvalue weighted by atomic mass is 9.89. The maximum atomic E-state index is 12.4. The number of H-pyrrole nitrogens is 3. The average molecular weight is 342 g/mol. The highest BCUT2D eigenvalue weighted by Gasteiger charge is 2.19. The fraction of sp³-hybridized carbons (Fsp3) is 0.526. The molecule has 0 amide bonds. The number of nitrogens with one attached hydrogen (secondary N) is 3. The van der Waals surface area contributed by atoms with Crippen molar-refractivity contribution >= 4 is 12.2 Å². The molecule has 0 aliphatic heterocycles. The zero-order valence-electron chi connectivity index (χ0n) is 15.1. The first-order valence-electron chi connectivity index (χ1n) is 8.94. The van der Waals surface area contributed by atoms with Crippen LogP contribution in [0, 0.1) is 5.92 Å². The van der Waals surface area contributed by atoms with Crippen LogP contribution in [0.15, 0.2) is 15.9 Å². The molecule has 0 unspecified atom stereocenters. The summed E-state index contributed by atoms with van der Waals surface area (Å²) in [6.07, 6.45) is 10.9. The van der Waals surface area contributed by atoms with Gasteiger partial charge in [0.1, 0.15) is 10.7 Å². The molecule has 2 aromatic heterocycles. The quantitative estimate of drug-likeness (QED) is 0.767. The highest BCUT2D eigenvalue weighted by molar-refractivity contribution is 5.48. The summed E-state index contributed by atoms with van der Waals surface area (Å²) in [5, 5.41) is 0.593. The van der Waals surface area contributed by atoms with E-state index < -0.39 is 0 Å². The van der Waals surface area contributed by atoms with Gasteiger partial charge in [-0.05, 0) is 24.8 Å². The molecule has 0 spiro atoms. The second-order valence-corrected chi connectivity index (χ2v) is 7.86. The van der Waals surface area contributed by atoms with Gasteiger partial charge in [0.25, 0.3) is 11.1 Å². The van der Waals surface area contributed by atoms with E-state index in [-0.39, 0.29) is 21.9 Å². The van der Waals surface area contributed by atoms with E-state index >= 15 is 0 Å². The van der Waals surface area contributed by atoms with E-state index in [1.165, 1.54) is 19.3 Å². The molecule has 2 aromatic rings. The van der Waals surface area contributed by atoms with Gasteiger partial charge in [0.05, 0.1) is 12.0 Å². The van der Waals surface area contributed by atoms with E-state index in [0.29, 0.717) is 17.0 Å². The van der Waals surface area contributed by atoms with E-state index in [1.54, 1.807) is 12.4 Å². The van der Waals surface area contributed by atoms with Crippen LogP contribution in [0.1, 0.15) is 64.3 Å². The van der Waals surface area contributed by atoms with Gasteiger partial charge in [-0.25, -0.2) is 4.98 Å². The summed E-state index contributed by atoms with van der Waals surface area (Å²) < 4.78 is 0. The molecule has 0 radical (unpaired) electrons. The summed E-state index contributed by atoms with van der Waals surface area (Å²) >= 11 is 0. The Morgan fingerprint density at radius 3 is 2.36 bits per heavy atom. The number of nitrogens with zero attached hydrogens (tertiary/aromatic N) is 1. The van der Waals surface area contributed by atoms with Gasteiger partial charge in [-0.3, -0.25) is 9.59 Å². The molecule has 0 saturated heterocycles. The monoisotopic (exact) mass is 342 g/mol. The lowest BCUT2D eigenvalue weighted by Gasteiger charge is -2.17. The summed E-state index contributed by atoms with van der Waals surface area (Å²) in [5.41, 5.74) is 0.890. The standard InChI is InChI=1S/C19H26N4O2/c1-19(2,3)16-13(20-11-21-16)10-15-18(25)22-14(17(24)23-15)9-12-7-5-4-6-8-12/h9-12H,4-8H2,1-3H3,(H,20,21)(H,22,25)(H,23,24)/b14-9-,15-10-. The largest absolute Gasteiger partial charge is 0.348 e. The Labute approximate surface area is 146 Å². The summed E-state index contributed by atoms with van der Waals surface area (Å²) in [6, 6.07) is 0. The molecule has 0 bridgehead atoms. The Morgan fingerprint density at radius 1 is 1.04 bits per heavy atom. The molecule has 25 heavy (non-hydrogen) atoms. The molecule has 2 heterocycles. The predicted molar refractivity (Wildman–Crippen MR) is 98.8 cm³/mol. The van der Waals surface area contributed by atoms with Gasteiger partial charge in [-0.15, -0.1) is 0 Å². The minimum absolute atomic E-state index is 0.135. The lowest BCUT2D eigenvalue weighted by molar-refractivity contribution is 0.435. The minimum Gasteiger partial charge on any atom is -0.348 e. The van der Waals surface area contributed by atoms with E-state index in [2.05, 4.69) is 40.7 Å². The van der Waals surface area contributed by atoms with Gasteiger partial charge in [0.15, 0.2) is 0 Å². The number of rotatable bonds is 2. The molecule has 134 valence electrons. The maximum absolute atomic E-state index is 12.4. The zero-order valence-corrected chi connectivity index (χ0v) is 15.1. The average Bonchev–Trinajstić information content (AvgIpc) is 3.02. The van der Waals surface area contributed by atoms with E-state index in [4.69, 9.17) is 0 Å². The Morgan fingerprint density at radius 2 is 1.68 bits per heavy atom. The van der Waals surface area contributed by atoms with Crippen molar-refractivity contribution < 1.29 is 0 Å². The van der Waals surface area contributed by atoms with Gasteiger partial charge >= 0.3 is 0 Å². The van der Waals surface area contributed by atoms with Gasteiger partial charge in [0.2, 0.25) is 0 Å². The first kappa shape index (κ1) is 17.5. The van der Waals surface area contributed by atoms with E-state index in [1.807, 2.05) is 6.08 Å². The van der Waals surface area contributed by atoms with Gasteiger partial charge < -0.3 is 15.0 Å². The third-order valence-electron chi connectivity index (χ3n) is 4.74. The van der Waals surface area contributed by atoms with Crippen molar-refractivity contribution in [2.75, 3.05) is 0 Å². The molecular weight excluding hydrogens is 316 g/mol. The summed E-state index contributed by atoms with van der Waals surface area (Å²) in [7, 11) is 0. The smallest absolute Gasteiger partial charge is 0.272 e. The molecule has 1 saturated carbocycles. The van der Waals surface area contributed by atoms with Gasteiger partial charge in [-0.2, -0.15) is 0 Å². The van der Waals surface area contributed by atoms with Crippen LogP contribution >= 0.6 is 0 Å². The number of aromatic nitrogens is 4. The van der Waals surface area contributed by atoms with Crippen molar-refractivity contribution in [2.45, 2.75) is 58.3 Å². The Kier molecular flexibility index (Phi) is 4.79. The van der Waals surface area contributed by atoms with Crippen molar-refractivity contribution in [1.82, 2.24) is 19.9 Å². The molecule has 1 fully saturated rings. The third kappa shape index (κ3) is 4.00.